The molecule has 52 valence electrons. The average Bonchev–Trinajstić information content (AvgIpc) is 1.85. The van der Waals surface area contributed by atoms with Gasteiger partial charge < -0.3 is 5.32 Å². The van der Waals surface area contributed by atoms with Crippen molar-refractivity contribution in [1.29, 1.82) is 0 Å². The summed E-state index contributed by atoms with van der Waals surface area (Å²) in [5.41, 5.74) is 0. The molecule has 0 rings (SSSR count). The minimum Gasteiger partial charge on any atom is -0.353 e. The summed E-state index contributed by atoms with van der Waals surface area (Å²) in [6.45, 7) is 2.53. The average molecular weight is 148 g/mol. The Morgan fingerprint density at radius 1 is 1.78 bits per heavy atom. The Morgan fingerprint density at radius 3 is 2.89 bits per heavy atom. The fourth-order valence-corrected chi connectivity index (χ4v) is 0.474. The van der Waals surface area contributed by atoms with Crippen LogP contribution < -0.4 is 5.32 Å². The summed E-state index contributed by atoms with van der Waals surface area (Å²) in [5, 5.41) is 2.60. The molecular formula is C6H10ClNO. The van der Waals surface area contributed by atoms with E-state index in [1.165, 1.54) is 6.08 Å². The third-order valence-corrected chi connectivity index (χ3v) is 0.887. The molecule has 0 aromatic carbocycles. The van der Waals surface area contributed by atoms with Crippen LogP contribution in [0.3, 0.4) is 0 Å². The summed E-state index contributed by atoms with van der Waals surface area (Å²) in [7, 11) is 0. The second-order valence-corrected chi connectivity index (χ2v) is 1.76. The summed E-state index contributed by atoms with van der Waals surface area (Å²) in [5.74, 6) is 0.301. The summed E-state index contributed by atoms with van der Waals surface area (Å²) >= 11 is 5.28. The van der Waals surface area contributed by atoms with Gasteiger partial charge >= 0.3 is 0 Å². The van der Waals surface area contributed by atoms with E-state index < -0.39 is 0 Å². The molecule has 0 aromatic heterocycles. The molecule has 0 aliphatic heterocycles. The number of allylic oxidation sites excluding steroid dienone is 1. The Balaban J connectivity index is 3.37. The molecule has 0 fully saturated rings. The van der Waals surface area contributed by atoms with Gasteiger partial charge in [0.25, 0.3) is 0 Å². The lowest BCUT2D eigenvalue weighted by Crippen LogP contribution is -2.19. The van der Waals surface area contributed by atoms with Crippen molar-refractivity contribution in [2.45, 2.75) is 6.92 Å². The van der Waals surface area contributed by atoms with Crippen molar-refractivity contribution in [2.75, 3.05) is 12.4 Å². The Kier molecular flexibility index (Phi) is 5.32. The van der Waals surface area contributed by atoms with Gasteiger partial charge in [0.2, 0.25) is 5.91 Å². The minimum atomic E-state index is -0.0850. The topological polar surface area (TPSA) is 29.1 Å². The summed E-state index contributed by atoms with van der Waals surface area (Å²) in [4.78, 5) is 10.5. The smallest absolute Gasteiger partial charge is 0.243 e. The maximum Gasteiger partial charge on any atom is 0.243 e. The monoisotopic (exact) mass is 147 g/mol. The first-order valence-electron chi connectivity index (χ1n) is 2.81. The normalized spacial score (nSPS) is 10.0. The van der Waals surface area contributed by atoms with Crippen molar-refractivity contribution in [3.05, 3.63) is 12.2 Å². The predicted molar refractivity (Wildman–Crippen MR) is 38.5 cm³/mol. The number of halogens is 1. The van der Waals surface area contributed by atoms with Gasteiger partial charge in [0.15, 0.2) is 0 Å². The number of amides is 1. The second-order valence-electron chi connectivity index (χ2n) is 1.45. The molecule has 0 saturated carbocycles. The van der Waals surface area contributed by atoms with Crippen LogP contribution in [0.4, 0.5) is 0 Å². The SMILES string of the molecule is CCNC(=O)C=CCCl. The molecule has 1 N–H and O–H groups in total. The van der Waals surface area contributed by atoms with Gasteiger partial charge in [-0.15, -0.1) is 11.6 Å². The quantitative estimate of drug-likeness (QED) is 0.467. The van der Waals surface area contributed by atoms with Gasteiger partial charge in [-0.3, -0.25) is 4.79 Å². The van der Waals surface area contributed by atoms with Crippen LogP contribution in [0, 0.1) is 0 Å². The third-order valence-electron chi connectivity index (χ3n) is 0.709. The highest BCUT2D eigenvalue weighted by atomic mass is 35.5. The molecule has 1 amide bonds. The van der Waals surface area contributed by atoms with Crippen molar-refractivity contribution in [1.82, 2.24) is 5.32 Å². The van der Waals surface area contributed by atoms with Crippen LogP contribution in [0.2, 0.25) is 0 Å². The molecule has 0 spiro atoms. The molecule has 0 saturated heterocycles. The zero-order valence-corrected chi connectivity index (χ0v) is 6.11. The minimum absolute atomic E-state index is 0.0850. The molecule has 0 radical (unpaired) electrons. The van der Waals surface area contributed by atoms with Gasteiger partial charge in [0.1, 0.15) is 0 Å². The van der Waals surface area contributed by atoms with Crippen LogP contribution in [-0.4, -0.2) is 18.3 Å². The molecule has 0 aromatic rings. The van der Waals surface area contributed by atoms with Gasteiger partial charge in [-0.1, -0.05) is 6.08 Å². The zero-order chi connectivity index (χ0) is 7.11. The first kappa shape index (κ1) is 8.50. The molecule has 0 aliphatic rings. The van der Waals surface area contributed by atoms with Crippen molar-refractivity contribution < 1.29 is 4.79 Å². The van der Waals surface area contributed by atoms with E-state index in [4.69, 9.17) is 11.6 Å². The van der Waals surface area contributed by atoms with Gasteiger partial charge in [-0.05, 0) is 6.92 Å². The number of carbonyl (C=O) groups excluding carboxylic acids is 1. The first-order chi connectivity index (χ1) is 4.31. The number of hydrogen-bond donors (Lipinski definition) is 1. The van der Waals surface area contributed by atoms with Crippen LogP contribution in [0.5, 0.6) is 0 Å². The Labute approximate surface area is 59.9 Å². The highest BCUT2D eigenvalue weighted by Crippen LogP contribution is 1.77. The van der Waals surface area contributed by atoms with Crippen LogP contribution in [-0.2, 0) is 4.79 Å². The third kappa shape index (κ3) is 5.37. The van der Waals surface area contributed by atoms with E-state index in [0.29, 0.717) is 12.4 Å². The predicted octanol–water partition coefficient (Wildman–Crippen LogP) is 0.917. The number of rotatable bonds is 3. The van der Waals surface area contributed by atoms with Crippen LogP contribution in [0.25, 0.3) is 0 Å². The molecule has 0 bridgehead atoms. The molecule has 3 heteroatoms. The zero-order valence-electron chi connectivity index (χ0n) is 5.36. The van der Waals surface area contributed by atoms with E-state index in [2.05, 4.69) is 5.32 Å². The summed E-state index contributed by atoms with van der Waals surface area (Å²) in [6.07, 6.45) is 3.03. The lowest BCUT2D eigenvalue weighted by Gasteiger charge is -1.92. The van der Waals surface area contributed by atoms with E-state index in [1.807, 2.05) is 6.92 Å². The van der Waals surface area contributed by atoms with E-state index in [1.54, 1.807) is 6.08 Å². The van der Waals surface area contributed by atoms with Gasteiger partial charge in [0, 0.05) is 18.5 Å². The van der Waals surface area contributed by atoms with Gasteiger partial charge in [-0.2, -0.15) is 0 Å². The highest BCUT2D eigenvalue weighted by molar-refractivity contribution is 6.19. The van der Waals surface area contributed by atoms with Crippen molar-refractivity contribution in [2.24, 2.45) is 0 Å². The van der Waals surface area contributed by atoms with E-state index in [-0.39, 0.29) is 5.91 Å². The summed E-state index contributed by atoms with van der Waals surface area (Å²) in [6, 6.07) is 0. The molecule has 0 aliphatic carbocycles. The molecule has 0 unspecified atom stereocenters. The Bertz CT molecular complexity index is 112. The van der Waals surface area contributed by atoms with Crippen molar-refractivity contribution in [3.63, 3.8) is 0 Å². The first-order valence-corrected chi connectivity index (χ1v) is 3.35. The van der Waals surface area contributed by atoms with Crippen molar-refractivity contribution >= 4 is 17.5 Å². The van der Waals surface area contributed by atoms with Crippen LogP contribution in [0.1, 0.15) is 6.92 Å². The Hall–Kier alpha value is -0.500. The largest absolute Gasteiger partial charge is 0.353 e. The van der Waals surface area contributed by atoms with E-state index in [0.717, 1.165) is 0 Å². The lowest BCUT2D eigenvalue weighted by molar-refractivity contribution is -0.116. The molecule has 0 heterocycles. The van der Waals surface area contributed by atoms with Gasteiger partial charge in [-0.25, -0.2) is 0 Å². The number of likely N-dealkylation sites (N-methyl/N-ethyl adjacent to an activating group) is 1. The Morgan fingerprint density at radius 2 is 2.44 bits per heavy atom. The molecule has 0 atom stereocenters. The number of carbonyl (C=O) groups is 1. The van der Waals surface area contributed by atoms with Crippen LogP contribution in [0.15, 0.2) is 12.2 Å². The second kappa shape index (κ2) is 5.63. The fraction of sp³-hybridized carbons (Fsp3) is 0.500. The molecule has 2 nitrogen and oxygen atoms in total. The molecular weight excluding hydrogens is 138 g/mol. The van der Waals surface area contributed by atoms with Crippen LogP contribution >= 0.6 is 11.6 Å². The lowest BCUT2D eigenvalue weighted by atomic mass is 10.5. The van der Waals surface area contributed by atoms with E-state index in [9.17, 15) is 4.79 Å². The summed E-state index contributed by atoms with van der Waals surface area (Å²) < 4.78 is 0. The van der Waals surface area contributed by atoms with Gasteiger partial charge in [0.05, 0.1) is 0 Å². The maximum absolute atomic E-state index is 10.5. The highest BCUT2D eigenvalue weighted by Gasteiger charge is 1.87. The number of alkyl halides is 1. The molecule has 9 heavy (non-hydrogen) atoms. The van der Waals surface area contributed by atoms with E-state index >= 15 is 0 Å². The number of nitrogens with one attached hydrogen (secondary N) is 1. The maximum atomic E-state index is 10.5. The van der Waals surface area contributed by atoms with Crippen molar-refractivity contribution in [3.8, 4) is 0 Å². The standard InChI is InChI=1S/C6H10ClNO/c1-2-8-6(9)4-3-5-7/h3-4H,2,5H2,1H3,(H,8,9). The number of hydrogen-bond acceptors (Lipinski definition) is 1. The fourth-order valence-electron chi connectivity index (χ4n) is 0.385.